The molecule has 1 aromatic heterocycles. The molecule has 0 unspecified atom stereocenters. The number of methoxy groups -OCH3 is 1. The Bertz CT molecular complexity index is 812. The van der Waals surface area contributed by atoms with Crippen LogP contribution >= 0.6 is 11.6 Å². The van der Waals surface area contributed by atoms with Crippen molar-refractivity contribution in [3.8, 4) is 0 Å². The minimum absolute atomic E-state index is 0.209. The molecule has 2 aromatic rings. The number of halogens is 1. The highest BCUT2D eigenvalue weighted by molar-refractivity contribution is 6.30. The van der Waals surface area contributed by atoms with Gasteiger partial charge in [0.25, 0.3) is 0 Å². The first-order valence-corrected chi connectivity index (χ1v) is 10.1. The highest BCUT2D eigenvalue weighted by atomic mass is 35.5. The van der Waals surface area contributed by atoms with Crippen molar-refractivity contribution in [2.24, 2.45) is 5.92 Å². The van der Waals surface area contributed by atoms with E-state index in [1.807, 2.05) is 23.1 Å². The molecule has 0 radical (unpaired) electrons. The Morgan fingerprint density at radius 3 is 2.57 bits per heavy atom. The van der Waals surface area contributed by atoms with Gasteiger partial charge in [-0.1, -0.05) is 23.7 Å². The van der Waals surface area contributed by atoms with Crippen LogP contribution < -0.4 is 0 Å². The first-order valence-electron chi connectivity index (χ1n) is 9.77. The second-order valence-corrected chi connectivity index (χ2v) is 7.63. The summed E-state index contributed by atoms with van der Waals surface area (Å²) in [7, 11) is 1.33. The van der Waals surface area contributed by atoms with Gasteiger partial charge >= 0.3 is 5.97 Å². The van der Waals surface area contributed by atoms with Crippen LogP contribution in [0.25, 0.3) is 0 Å². The molecule has 0 atom stereocenters. The molecule has 1 saturated carbocycles. The lowest BCUT2D eigenvalue weighted by Crippen LogP contribution is -2.34. The Kier molecular flexibility index (Phi) is 7.15. The standard InChI is InChI=1S/C22H26ClNO4/c1-27-22(26)20-12-11-19(28-20)8-4-14-24(21(25)17-9-10-17)13-3-6-16-5-2-7-18(23)15-16/h2,5,7,11-12,15,17H,3-4,6,8-10,13-14H2,1H3. The number of aryl methyl sites for hydroxylation is 2. The molecule has 150 valence electrons. The molecule has 1 aromatic carbocycles. The summed E-state index contributed by atoms with van der Waals surface area (Å²) < 4.78 is 10.1. The number of carbonyl (C=O) groups is 2. The fraction of sp³-hybridized carbons (Fsp3) is 0.455. The second kappa shape index (κ2) is 9.78. The third-order valence-electron chi connectivity index (χ3n) is 4.92. The van der Waals surface area contributed by atoms with Crippen molar-refractivity contribution in [1.82, 2.24) is 4.90 Å². The van der Waals surface area contributed by atoms with Gasteiger partial charge in [0.1, 0.15) is 5.76 Å². The van der Waals surface area contributed by atoms with E-state index in [-0.39, 0.29) is 17.6 Å². The van der Waals surface area contributed by atoms with E-state index >= 15 is 0 Å². The summed E-state index contributed by atoms with van der Waals surface area (Å²) in [4.78, 5) is 26.0. The molecule has 6 heteroatoms. The molecule has 0 N–H and O–H groups in total. The number of ether oxygens (including phenoxy) is 1. The van der Waals surface area contributed by atoms with E-state index in [0.29, 0.717) is 13.0 Å². The van der Waals surface area contributed by atoms with Gasteiger partial charge in [-0.3, -0.25) is 4.79 Å². The number of hydrogen-bond donors (Lipinski definition) is 0. The van der Waals surface area contributed by atoms with Crippen LogP contribution in [-0.4, -0.2) is 37.0 Å². The number of amides is 1. The Hall–Kier alpha value is -2.27. The number of hydrogen-bond acceptors (Lipinski definition) is 4. The van der Waals surface area contributed by atoms with Crippen molar-refractivity contribution in [2.75, 3.05) is 20.2 Å². The second-order valence-electron chi connectivity index (χ2n) is 7.19. The molecule has 1 aliphatic carbocycles. The normalized spacial score (nSPS) is 13.4. The largest absolute Gasteiger partial charge is 0.463 e. The van der Waals surface area contributed by atoms with Crippen LogP contribution in [0.1, 0.15) is 47.6 Å². The van der Waals surface area contributed by atoms with Crippen LogP contribution in [0.3, 0.4) is 0 Å². The van der Waals surface area contributed by atoms with Gasteiger partial charge in [0.2, 0.25) is 11.7 Å². The van der Waals surface area contributed by atoms with Gasteiger partial charge in [-0.25, -0.2) is 4.79 Å². The predicted molar refractivity (Wildman–Crippen MR) is 107 cm³/mol. The summed E-state index contributed by atoms with van der Waals surface area (Å²) in [5.41, 5.74) is 1.19. The minimum atomic E-state index is -0.474. The lowest BCUT2D eigenvalue weighted by Gasteiger charge is -2.22. The summed E-state index contributed by atoms with van der Waals surface area (Å²) in [6, 6.07) is 11.3. The first kappa shape index (κ1) is 20.5. The van der Waals surface area contributed by atoms with Crippen molar-refractivity contribution >= 4 is 23.5 Å². The molecule has 28 heavy (non-hydrogen) atoms. The monoisotopic (exact) mass is 403 g/mol. The van der Waals surface area contributed by atoms with Gasteiger partial charge in [-0.2, -0.15) is 0 Å². The molecule has 0 bridgehead atoms. The van der Waals surface area contributed by atoms with E-state index in [4.69, 9.17) is 16.0 Å². The van der Waals surface area contributed by atoms with Crippen LogP contribution in [0.15, 0.2) is 40.8 Å². The van der Waals surface area contributed by atoms with E-state index in [1.165, 1.54) is 12.7 Å². The van der Waals surface area contributed by atoms with Crippen molar-refractivity contribution < 1.29 is 18.7 Å². The molecule has 1 aliphatic rings. The van der Waals surface area contributed by atoms with E-state index in [9.17, 15) is 9.59 Å². The lowest BCUT2D eigenvalue weighted by atomic mass is 10.1. The fourth-order valence-corrected chi connectivity index (χ4v) is 3.47. The Labute approximate surface area is 170 Å². The summed E-state index contributed by atoms with van der Waals surface area (Å²) in [5.74, 6) is 0.947. The number of rotatable bonds is 10. The highest BCUT2D eigenvalue weighted by Crippen LogP contribution is 2.31. The number of carbonyl (C=O) groups excluding carboxylic acids is 2. The topological polar surface area (TPSA) is 59.8 Å². The lowest BCUT2D eigenvalue weighted by molar-refractivity contribution is -0.132. The molecule has 3 rings (SSSR count). The zero-order valence-corrected chi connectivity index (χ0v) is 16.9. The predicted octanol–water partition coefficient (Wildman–Crippen LogP) is 4.52. The number of esters is 1. The van der Waals surface area contributed by atoms with Crippen LogP contribution in [0.5, 0.6) is 0 Å². The van der Waals surface area contributed by atoms with E-state index in [2.05, 4.69) is 10.8 Å². The SMILES string of the molecule is COC(=O)c1ccc(CCCN(CCCc2cccc(Cl)c2)C(=O)C2CC2)o1. The summed E-state index contributed by atoms with van der Waals surface area (Å²) >= 11 is 6.04. The van der Waals surface area contributed by atoms with Gasteiger partial charge in [0.05, 0.1) is 7.11 Å². The maximum Gasteiger partial charge on any atom is 0.373 e. The Morgan fingerprint density at radius 2 is 1.89 bits per heavy atom. The van der Waals surface area contributed by atoms with Crippen molar-refractivity contribution in [1.29, 1.82) is 0 Å². The van der Waals surface area contributed by atoms with Crippen molar-refractivity contribution in [2.45, 2.75) is 38.5 Å². The van der Waals surface area contributed by atoms with Gasteiger partial charge in [0, 0.05) is 30.5 Å². The maximum atomic E-state index is 12.6. The summed E-state index contributed by atoms with van der Waals surface area (Å²) in [6.45, 7) is 1.44. The first-order chi connectivity index (χ1) is 13.6. The molecule has 0 saturated heterocycles. The molecular formula is C22H26ClNO4. The van der Waals surface area contributed by atoms with Crippen LogP contribution in [-0.2, 0) is 22.4 Å². The number of nitrogens with zero attached hydrogens (tertiary/aromatic N) is 1. The molecule has 0 spiro atoms. The molecule has 0 aliphatic heterocycles. The average Bonchev–Trinajstić information content (AvgIpc) is 3.44. The van der Waals surface area contributed by atoms with Gasteiger partial charge in [-0.15, -0.1) is 0 Å². The van der Waals surface area contributed by atoms with Crippen LogP contribution in [0, 0.1) is 5.92 Å². The van der Waals surface area contributed by atoms with Crippen LogP contribution in [0.4, 0.5) is 0 Å². The summed E-state index contributed by atoms with van der Waals surface area (Å²) in [5, 5.41) is 0.744. The van der Waals surface area contributed by atoms with E-state index in [1.54, 1.807) is 12.1 Å². The van der Waals surface area contributed by atoms with Gasteiger partial charge in [0.15, 0.2) is 0 Å². The van der Waals surface area contributed by atoms with Gasteiger partial charge in [-0.05, 0) is 61.9 Å². The third kappa shape index (κ3) is 5.86. The maximum absolute atomic E-state index is 12.6. The fourth-order valence-electron chi connectivity index (χ4n) is 3.25. The van der Waals surface area contributed by atoms with E-state index < -0.39 is 5.97 Å². The molecule has 1 amide bonds. The smallest absolute Gasteiger partial charge is 0.373 e. The highest BCUT2D eigenvalue weighted by Gasteiger charge is 2.33. The average molecular weight is 404 g/mol. The molecule has 5 nitrogen and oxygen atoms in total. The van der Waals surface area contributed by atoms with Crippen molar-refractivity contribution in [3.05, 3.63) is 58.5 Å². The van der Waals surface area contributed by atoms with E-state index in [0.717, 1.165) is 49.4 Å². The summed E-state index contributed by atoms with van der Waals surface area (Å²) in [6.07, 6.45) is 5.29. The zero-order valence-electron chi connectivity index (χ0n) is 16.2. The van der Waals surface area contributed by atoms with Crippen molar-refractivity contribution in [3.63, 3.8) is 0 Å². The third-order valence-corrected chi connectivity index (χ3v) is 5.16. The van der Waals surface area contributed by atoms with Gasteiger partial charge < -0.3 is 14.1 Å². The minimum Gasteiger partial charge on any atom is -0.463 e. The van der Waals surface area contributed by atoms with Crippen LogP contribution in [0.2, 0.25) is 5.02 Å². The Balaban J connectivity index is 1.48. The molecule has 1 fully saturated rings. The number of benzene rings is 1. The zero-order chi connectivity index (χ0) is 19.9. The quantitative estimate of drug-likeness (QED) is 0.547. The molecular weight excluding hydrogens is 378 g/mol. The Morgan fingerprint density at radius 1 is 1.14 bits per heavy atom. The number of furan rings is 1. The molecule has 1 heterocycles.